The van der Waals surface area contributed by atoms with Crippen molar-refractivity contribution in [1.29, 1.82) is 0 Å². The highest BCUT2D eigenvalue weighted by Crippen LogP contribution is 2.42. The molecule has 3 rings (SSSR count). The number of halogens is 3. The number of aliphatic hydroxyl groups is 1. The zero-order chi connectivity index (χ0) is 21.2. The van der Waals surface area contributed by atoms with Crippen molar-refractivity contribution in [2.45, 2.75) is 43.4 Å². The van der Waals surface area contributed by atoms with Crippen molar-refractivity contribution in [1.82, 2.24) is 5.32 Å². The summed E-state index contributed by atoms with van der Waals surface area (Å²) in [6.45, 7) is 1.89. The number of nitrogens with zero attached hydrogens (tertiary/aromatic N) is 1. The second kappa shape index (κ2) is 8.48. The molecule has 6 nitrogen and oxygen atoms in total. The van der Waals surface area contributed by atoms with Gasteiger partial charge in [-0.25, -0.2) is 0 Å². The van der Waals surface area contributed by atoms with Crippen LogP contribution in [-0.2, 0) is 10.9 Å². The van der Waals surface area contributed by atoms with Gasteiger partial charge in [-0.15, -0.1) is 0 Å². The maximum absolute atomic E-state index is 12.9. The quantitative estimate of drug-likeness (QED) is 0.433. The van der Waals surface area contributed by atoms with Crippen LogP contribution in [0.3, 0.4) is 0 Å². The molecule has 0 amide bonds. The lowest BCUT2D eigenvalue weighted by atomic mass is 9.85. The molecular formula is C20H21F3N2O4. The van der Waals surface area contributed by atoms with E-state index in [4.69, 9.17) is 4.74 Å². The summed E-state index contributed by atoms with van der Waals surface area (Å²) in [4.78, 5) is 11.5. The van der Waals surface area contributed by atoms with Crippen LogP contribution in [0.5, 0.6) is 0 Å². The highest BCUT2D eigenvalue weighted by Gasteiger charge is 2.54. The molecule has 0 unspecified atom stereocenters. The van der Waals surface area contributed by atoms with E-state index < -0.39 is 47.0 Å². The van der Waals surface area contributed by atoms with E-state index in [2.05, 4.69) is 5.32 Å². The minimum Gasteiger partial charge on any atom is -0.367 e. The molecule has 0 bridgehead atoms. The highest BCUT2D eigenvalue weighted by molar-refractivity contribution is 5.33. The topological polar surface area (TPSA) is 84.6 Å². The van der Waals surface area contributed by atoms with E-state index in [0.717, 1.165) is 12.1 Å². The van der Waals surface area contributed by atoms with E-state index in [9.17, 15) is 28.4 Å². The van der Waals surface area contributed by atoms with Crippen LogP contribution in [0.2, 0.25) is 0 Å². The van der Waals surface area contributed by atoms with E-state index in [1.54, 1.807) is 37.3 Å². The summed E-state index contributed by atoms with van der Waals surface area (Å²) in [6.07, 6.45) is -5.81. The Balaban J connectivity index is 2.02. The summed E-state index contributed by atoms with van der Waals surface area (Å²) < 4.78 is 43.9. The van der Waals surface area contributed by atoms with Gasteiger partial charge in [0, 0.05) is 11.5 Å². The van der Waals surface area contributed by atoms with Gasteiger partial charge in [-0.05, 0) is 30.2 Å². The summed E-state index contributed by atoms with van der Waals surface area (Å²) >= 11 is 0. The Labute approximate surface area is 165 Å². The normalized spacial score (nSPS) is 25.7. The van der Waals surface area contributed by atoms with Gasteiger partial charge >= 0.3 is 6.18 Å². The van der Waals surface area contributed by atoms with Gasteiger partial charge in [-0.1, -0.05) is 42.5 Å². The van der Waals surface area contributed by atoms with Crippen molar-refractivity contribution >= 4 is 0 Å². The zero-order valence-corrected chi connectivity index (χ0v) is 15.5. The summed E-state index contributed by atoms with van der Waals surface area (Å²) in [5.41, 5.74) is 0.147. The SMILES string of the molecule is CCO[C@H](O)[C@@H]1N[C@H](c2ccc(C(F)(F)F)cc2)[C@H]([N+](=O)[O-])[C@@H]1c1ccccc1. The minimum atomic E-state index is -4.50. The van der Waals surface area contributed by atoms with Crippen molar-refractivity contribution in [2.24, 2.45) is 0 Å². The van der Waals surface area contributed by atoms with Gasteiger partial charge in [-0.2, -0.15) is 13.2 Å². The fraction of sp³-hybridized carbons (Fsp3) is 0.400. The van der Waals surface area contributed by atoms with Gasteiger partial charge in [-0.3, -0.25) is 15.4 Å². The third kappa shape index (κ3) is 4.42. The van der Waals surface area contributed by atoms with Crippen LogP contribution in [0.1, 0.15) is 35.6 Å². The Bertz CT molecular complexity index is 830. The van der Waals surface area contributed by atoms with E-state index in [1.165, 1.54) is 12.1 Å². The second-order valence-electron chi connectivity index (χ2n) is 6.85. The van der Waals surface area contributed by atoms with Gasteiger partial charge in [0.15, 0.2) is 6.29 Å². The smallest absolute Gasteiger partial charge is 0.367 e. The molecule has 0 radical (unpaired) electrons. The van der Waals surface area contributed by atoms with Gasteiger partial charge < -0.3 is 9.84 Å². The van der Waals surface area contributed by atoms with Crippen LogP contribution < -0.4 is 5.32 Å². The lowest BCUT2D eigenvalue weighted by molar-refractivity contribution is -0.527. The Kier molecular flexibility index (Phi) is 6.21. The number of rotatable bonds is 6. The van der Waals surface area contributed by atoms with Crippen molar-refractivity contribution in [3.8, 4) is 0 Å². The lowest BCUT2D eigenvalue weighted by Gasteiger charge is -2.24. The van der Waals surface area contributed by atoms with Crippen molar-refractivity contribution < 1.29 is 27.9 Å². The number of nitro groups is 1. The fourth-order valence-electron chi connectivity index (χ4n) is 3.87. The molecule has 0 aliphatic carbocycles. The third-order valence-electron chi connectivity index (χ3n) is 5.14. The molecule has 2 aromatic rings. The van der Waals surface area contributed by atoms with Crippen molar-refractivity contribution in [2.75, 3.05) is 6.61 Å². The summed E-state index contributed by atoms with van der Waals surface area (Å²) in [7, 11) is 0. The van der Waals surface area contributed by atoms with E-state index >= 15 is 0 Å². The Morgan fingerprint density at radius 2 is 1.76 bits per heavy atom. The highest BCUT2D eigenvalue weighted by atomic mass is 19.4. The maximum atomic E-state index is 12.9. The van der Waals surface area contributed by atoms with Crippen LogP contribution in [0.25, 0.3) is 0 Å². The first-order chi connectivity index (χ1) is 13.7. The molecule has 1 fully saturated rings. The average molecular weight is 410 g/mol. The molecule has 156 valence electrons. The monoisotopic (exact) mass is 410 g/mol. The fourth-order valence-corrected chi connectivity index (χ4v) is 3.87. The largest absolute Gasteiger partial charge is 0.416 e. The molecule has 2 N–H and O–H groups in total. The average Bonchev–Trinajstić information content (AvgIpc) is 3.09. The zero-order valence-electron chi connectivity index (χ0n) is 15.5. The molecule has 0 saturated carbocycles. The molecular weight excluding hydrogens is 389 g/mol. The number of ether oxygens (including phenoxy) is 1. The van der Waals surface area contributed by atoms with Crippen LogP contribution >= 0.6 is 0 Å². The van der Waals surface area contributed by atoms with Crippen LogP contribution in [0.4, 0.5) is 13.2 Å². The molecule has 5 atom stereocenters. The van der Waals surface area contributed by atoms with Crippen LogP contribution in [-0.4, -0.2) is 35.0 Å². The number of hydrogen-bond acceptors (Lipinski definition) is 5. The van der Waals surface area contributed by atoms with Crippen molar-refractivity contribution in [3.05, 3.63) is 81.4 Å². The predicted octanol–water partition coefficient (Wildman–Crippen LogP) is 3.50. The van der Waals surface area contributed by atoms with E-state index in [0.29, 0.717) is 11.1 Å². The predicted molar refractivity (Wildman–Crippen MR) is 98.7 cm³/mol. The molecule has 2 aromatic carbocycles. The standard InChI is InChI=1S/C20H21F3N2O4/c1-2-29-19(26)17-15(12-6-4-3-5-7-12)18(25(27)28)16(24-17)13-8-10-14(11-9-13)20(21,22)23/h3-11,15-19,24,26H,2H2,1H3/t15-,16-,17-,18-,19+/m1/s1. The number of hydrogen-bond donors (Lipinski definition) is 2. The lowest BCUT2D eigenvalue weighted by Crippen LogP contribution is -2.41. The van der Waals surface area contributed by atoms with Crippen LogP contribution in [0.15, 0.2) is 54.6 Å². The Morgan fingerprint density at radius 1 is 1.14 bits per heavy atom. The molecule has 1 heterocycles. The Morgan fingerprint density at radius 3 is 2.28 bits per heavy atom. The minimum absolute atomic E-state index is 0.203. The molecule has 0 aromatic heterocycles. The summed E-state index contributed by atoms with van der Waals surface area (Å²) in [5, 5.41) is 25.5. The van der Waals surface area contributed by atoms with E-state index in [1.807, 2.05) is 0 Å². The van der Waals surface area contributed by atoms with Crippen LogP contribution in [0, 0.1) is 10.1 Å². The molecule has 29 heavy (non-hydrogen) atoms. The molecule has 1 aliphatic rings. The third-order valence-corrected chi connectivity index (χ3v) is 5.14. The molecule has 9 heteroatoms. The number of alkyl halides is 3. The molecule has 0 spiro atoms. The van der Waals surface area contributed by atoms with E-state index in [-0.39, 0.29) is 6.61 Å². The summed E-state index contributed by atoms with van der Waals surface area (Å²) in [6, 6.07) is 10.1. The Hall–Kier alpha value is -2.49. The maximum Gasteiger partial charge on any atom is 0.416 e. The van der Waals surface area contributed by atoms with Gasteiger partial charge in [0.25, 0.3) is 0 Å². The number of nitrogens with one attached hydrogen (secondary N) is 1. The van der Waals surface area contributed by atoms with Crippen molar-refractivity contribution in [3.63, 3.8) is 0 Å². The first kappa shape index (κ1) is 21.2. The molecule has 1 aliphatic heterocycles. The first-order valence-electron chi connectivity index (χ1n) is 9.15. The first-order valence-corrected chi connectivity index (χ1v) is 9.15. The molecule has 1 saturated heterocycles. The van der Waals surface area contributed by atoms with Gasteiger partial charge in [0.05, 0.1) is 17.5 Å². The second-order valence-corrected chi connectivity index (χ2v) is 6.85. The summed E-state index contributed by atoms with van der Waals surface area (Å²) in [5.74, 6) is -0.736. The van der Waals surface area contributed by atoms with Gasteiger partial charge in [0.1, 0.15) is 6.04 Å². The number of aliphatic hydroxyl groups excluding tert-OH is 1. The van der Waals surface area contributed by atoms with Gasteiger partial charge in [0.2, 0.25) is 6.04 Å². The number of benzene rings is 2.